The van der Waals surface area contributed by atoms with Gasteiger partial charge < -0.3 is 24.8 Å². The van der Waals surface area contributed by atoms with Crippen LogP contribution in [0.5, 0.6) is 0 Å². The zero-order valence-electron chi connectivity index (χ0n) is 22.1. The second kappa shape index (κ2) is 15.4. The molecule has 6 rings (SSSR count). The average Bonchev–Trinajstić information content (AvgIpc) is 3.59. The molecule has 0 heterocycles. The predicted molar refractivity (Wildman–Crippen MR) is 155 cm³/mol. The average molecular weight is 631 g/mol. The van der Waals surface area contributed by atoms with E-state index in [0.717, 1.165) is 6.42 Å². The van der Waals surface area contributed by atoms with Gasteiger partial charge in [-0.25, -0.2) is 11.3 Å². The van der Waals surface area contributed by atoms with Crippen LogP contribution in [0.25, 0.3) is 11.1 Å². The number of rotatable bonds is 3. The monoisotopic (exact) mass is 628 g/mol. The van der Waals surface area contributed by atoms with Crippen molar-refractivity contribution >= 4 is 16.5 Å². The number of fused-ring (bicyclic) bond motifs is 3. The van der Waals surface area contributed by atoms with Gasteiger partial charge in [-0.05, 0) is 6.42 Å². The van der Waals surface area contributed by atoms with Gasteiger partial charge >= 0.3 is 99.2 Å². The quantitative estimate of drug-likeness (QED) is 0.207. The molecule has 0 aliphatic heterocycles. The summed E-state index contributed by atoms with van der Waals surface area (Å²) in [6.07, 6.45) is 1.05. The van der Waals surface area contributed by atoms with Crippen LogP contribution in [0.4, 0.5) is 0 Å². The molecule has 0 fully saturated rings. The Morgan fingerprint density at radius 1 is 0.711 bits per heavy atom. The molecule has 0 saturated carbocycles. The molecule has 0 bridgehead atoms. The van der Waals surface area contributed by atoms with Crippen molar-refractivity contribution in [2.75, 3.05) is 0 Å². The summed E-state index contributed by atoms with van der Waals surface area (Å²) < 4.78 is 1.42. The first-order valence-corrected chi connectivity index (χ1v) is 17.2. The molecular weight excluding hydrogens is 599 g/mol. The SMILES string of the molecule is C[Si](C)(C)c1cc[cH-]c1.[Cl-].[Cl-].[Zr+2]=[C](c1ccccc1)c1ccccc1.[c-]1cccc2c1Cc1ccccc1-2. The van der Waals surface area contributed by atoms with Crippen molar-refractivity contribution < 1.29 is 49.0 Å². The maximum Gasteiger partial charge on any atom is -0.0253 e. The molecule has 0 spiro atoms. The Balaban J connectivity index is 0.000000200. The standard InChI is InChI=1S/C13H9.C13H10.C8H13Si.2ClH.Zr/c1-3-7-12-10(5-1)9-11-6-2-4-8-13(11)12;1-3-7-12(8-4-1)11-13-9-5-2-6-10-13;1-9(2,3)8-6-4-5-7-8;;;/h1-5,7-8H,9H2;1-10H;4-7H,1-3H3;2*1H;/q-1;;-1;;;+2/p-2. The second-order valence-corrected chi connectivity index (χ2v) is 16.2. The van der Waals surface area contributed by atoms with Crippen LogP contribution in [0.1, 0.15) is 22.3 Å². The Morgan fingerprint density at radius 3 is 1.79 bits per heavy atom. The maximum absolute atomic E-state index is 3.30. The van der Waals surface area contributed by atoms with Gasteiger partial charge in [0.2, 0.25) is 0 Å². The van der Waals surface area contributed by atoms with Gasteiger partial charge in [-0.3, -0.25) is 0 Å². The molecule has 38 heavy (non-hydrogen) atoms. The second-order valence-electron chi connectivity index (χ2n) is 9.93. The molecule has 0 unspecified atom stereocenters. The largest absolute Gasteiger partial charge is 0.179 e. The van der Waals surface area contributed by atoms with E-state index in [4.69, 9.17) is 0 Å². The van der Waals surface area contributed by atoms with Crippen molar-refractivity contribution in [1.29, 1.82) is 0 Å². The van der Waals surface area contributed by atoms with Crippen LogP contribution in [0.2, 0.25) is 19.6 Å². The predicted octanol–water partition coefficient (Wildman–Crippen LogP) is 1.82. The van der Waals surface area contributed by atoms with Gasteiger partial charge in [0.05, 0.1) is 0 Å². The van der Waals surface area contributed by atoms with Crippen LogP contribution in [0.3, 0.4) is 0 Å². The summed E-state index contributed by atoms with van der Waals surface area (Å²) in [5.41, 5.74) is 8.17. The van der Waals surface area contributed by atoms with Crippen molar-refractivity contribution in [2.45, 2.75) is 26.1 Å². The van der Waals surface area contributed by atoms with Crippen LogP contribution in [-0.2, 0) is 30.7 Å². The minimum atomic E-state index is -0.981. The maximum atomic E-state index is 3.30. The fourth-order valence-corrected chi connectivity index (χ4v) is 6.26. The Bertz CT molecular complexity index is 1300. The summed E-state index contributed by atoms with van der Waals surface area (Å²) in [5, 5.41) is 1.56. The van der Waals surface area contributed by atoms with E-state index in [0.29, 0.717) is 0 Å². The molecule has 192 valence electrons. The fraction of sp³-hybridized carbons (Fsp3) is 0.118. The molecule has 0 amide bonds. The molecule has 0 N–H and O–H groups in total. The zero-order chi connectivity index (χ0) is 25.4. The van der Waals surface area contributed by atoms with Crippen molar-refractivity contribution in [1.82, 2.24) is 0 Å². The van der Waals surface area contributed by atoms with Crippen LogP contribution < -0.4 is 30.0 Å². The minimum Gasteiger partial charge on any atom is -0.179 e. The van der Waals surface area contributed by atoms with Crippen molar-refractivity contribution in [3.05, 3.63) is 156 Å². The smallest absolute Gasteiger partial charge is 0.0253 e. The van der Waals surface area contributed by atoms with Gasteiger partial charge in [0.1, 0.15) is 0 Å². The fourth-order valence-electron chi connectivity index (χ4n) is 4.25. The first-order chi connectivity index (χ1) is 17.4. The van der Waals surface area contributed by atoms with Crippen molar-refractivity contribution in [3.63, 3.8) is 0 Å². The van der Waals surface area contributed by atoms with Crippen LogP contribution in [-0.4, -0.2) is 11.3 Å². The van der Waals surface area contributed by atoms with E-state index < -0.39 is 8.07 Å². The van der Waals surface area contributed by atoms with Gasteiger partial charge in [0, 0.05) is 8.07 Å². The summed E-state index contributed by atoms with van der Waals surface area (Å²) in [5.74, 6) is 0. The first-order valence-electron chi connectivity index (χ1n) is 12.4. The molecule has 0 nitrogen and oxygen atoms in total. The van der Waals surface area contributed by atoms with Gasteiger partial charge in [-0.2, -0.15) is 48.0 Å². The van der Waals surface area contributed by atoms with Gasteiger partial charge in [0.15, 0.2) is 0 Å². The van der Waals surface area contributed by atoms with Gasteiger partial charge in [-0.1, -0.05) is 55.0 Å². The van der Waals surface area contributed by atoms with Crippen LogP contribution in [0, 0.1) is 6.07 Å². The molecule has 0 saturated heterocycles. The van der Waals surface area contributed by atoms with E-state index in [1.807, 2.05) is 6.07 Å². The first kappa shape index (κ1) is 32.0. The van der Waals surface area contributed by atoms with Gasteiger partial charge in [0.25, 0.3) is 0 Å². The third-order valence-electron chi connectivity index (χ3n) is 6.27. The molecule has 0 radical (unpaired) electrons. The summed E-state index contributed by atoms with van der Waals surface area (Å²) >= 11 is 1.46. The van der Waals surface area contributed by atoms with E-state index in [2.05, 4.69) is 147 Å². The van der Waals surface area contributed by atoms with E-state index in [9.17, 15) is 0 Å². The molecule has 0 atom stereocenters. The molecule has 0 aromatic heterocycles. The molecule has 5 aromatic rings. The molecule has 1 aliphatic rings. The van der Waals surface area contributed by atoms with E-state index in [-0.39, 0.29) is 24.8 Å². The topological polar surface area (TPSA) is 0 Å². The van der Waals surface area contributed by atoms with Crippen LogP contribution >= 0.6 is 0 Å². The van der Waals surface area contributed by atoms with Crippen molar-refractivity contribution in [2.24, 2.45) is 0 Å². The number of halogens is 2. The van der Waals surface area contributed by atoms with E-state index in [1.54, 1.807) is 5.19 Å². The zero-order valence-corrected chi connectivity index (χ0v) is 27.1. The third-order valence-corrected chi connectivity index (χ3v) is 9.75. The summed E-state index contributed by atoms with van der Waals surface area (Å²) in [6.45, 7) is 7.09. The van der Waals surface area contributed by atoms with Crippen LogP contribution in [0.15, 0.2) is 127 Å². The Hall–Kier alpha value is -2.22. The number of benzene rings is 4. The molecular formula is C34H32Cl2SiZr-2. The number of hydrogen-bond donors (Lipinski definition) is 0. The summed E-state index contributed by atoms with van der Waals surface area (Å²) in [6, 6.07) is 47.9. The molecule has 5 aromatic carbocycles. The Labute approximate surface area is 256 Å². The van der Waals surface area contributed by atoms with Gasteiger partial charge in [-0.15, -0.1) is 5.56 Å². The number of hydrogen-bond acceptors (Lipinski definition) is 0. The summed E-state index contributed by atoms with van der Waals surface area (Å²) in [4.78, 5) is 0. The Kier molecular flexibility index (Phi) is 13.0. The van der Waals surface area contributed by atoms with Crippen molar-refractivity contribution in [3.8, 4) is 11.1 Å². The minimum absolute atomic E-state index is 0. The summed E-state index contributed by atoms with van der Waals surface area (Å²) in [7, 11) is -0.981. The Morgan fingerprint density at radius 2 is 1.26 bits per heavy atom. The molecule has 1 aliphatic carbocycles. The molecule has 4 heteroatoms. The third kappa shape index (κ3) is 8.65. The van der Waals surface area contributed by atoms with E-state index in [1.165, 1.54) is 60.8 Å². The normalized spacial score (nSPS) is 10.7. The van der Waals surface area contributed by atoms with E-state index >= 15 is 0 Å².